The molecule has 2 rings (SSSR count). The van der Waals surface area contributed by atoms with E-state index in [1.54, 1.807) is 12.3 Å². The summed E-state index contributed by atoms with van der Waals surface area (Å²) in [5, 5.41) is 2.95. The van der Waals surface area contributed by atoms with Gasteiger partial charge in [-0.1, -0.05) is 13.8 Å². The third kappa shape index (κ3) is 3.85. The van der Waals surface area contributed by atoms with Crippen LogP contribution in [0.5, 0.6) is 0 Å². The van der Waals surface area contributed by atoms with E-state index in [9.17, 15) is 13.2 Å². The van der Waals surface area contributed by atoms with E-state index in [0.29, 0.717) is 18.7 Å². The van der Waals surface area contributed by atoms with Crippen LogP contribution in [-0.4, -0.2) is 49.0 Å². The van der Waals surface area contributed by atoms with E-state index in [-0.39, 0.29) is 17.9 Å². The van der Waals surface area contributed by atoms with Crippen molar-refractivity contribution in [2.75, 3.05) is 19.3 Å². The third-order valence-corrected chi connectivity index (χ3v) is 5.06. The van der Waals surface area contributed by atoms with Gasteiger partial charge in [-0.25, -0.2) is 12.7 Å². The molecule has 2 heterocycles. The number of nitrogens with zero attached hydrogens (tertiary/aromatic N) is 1. The van der Waals surface area contributed by atoms with Gasteiger partial charge in [0.25, 0.3) is 5.91 Å². The average Bonchev–Trinajstić information content (AvgIpc) is 2.87. The van der Waals surface area contributed by atoms with E-state index in [1.165, 1.54) is 10.6 Å². The number of carbonyl (C=O) groups is 1. The average molecular weight is 313 g/mol. The predicted molar refractivity (Wildman–Crippen MR) is 81.8 cm³/mol. The highest BCUT2D eigenvalue weighted by Crippen LogP contribution is 2.19. The molecule has 0 radical (unpaired) electrons. The number of hydrogen-bond acceptors (Lipinski definition) is 3. The molecular formula is C14H23N3O3S. The number of hydrogen-bond donors (Lipinski definition) is 2. The summed E-state index contributed by atoms with van der Waals surface area (Å²) in [4.78, 5) is 15.4. The van der Waals surface area contributed by atoms with Crippen LogP contribution in [0.1, 0.15) is 48.7 Å². The quantitative estimate of drug-likeness (QED) is 0.879. The minimum absolute atomic E-state index is 0.129. The highest BCUT2D eigenvalue weighted by Gasteiger charge is 2.27. The summed E-state index contributed by atoms with van der Waals surface area (Å²) in [5.41, 5.74) is 1.55. The maximum atomic E-state index is 12.4. The first-order valence-electron chi connectivity index (χ1n) is 7.22. The summed E-state index contributed by atoms with van der Waals surface area (Å²) in [6, 6.07) is 1.64. The van der Waals surface area contributed by atoms with Crippen LogP contribution in [0.4, 0.5) is 0 Å². The fraction of sp³-hybridized carbons (Fsp3) is 0.643. The Labute approximate surface area is 126 Å². The summed E-state index contributed by atoms with van der Waals surface area (Å²) in [6.45, 7) is 4.93. The molecule has 7 heteroatoms. The van der Waals surface area contributed by atoms with Crippen molar-refractivity contribution in [2.45, 2.75) is 38.6 Å². The number of sulfonamides is 1. The lowest BCUT2D eigenvalue weighted by molar-refractivity contribution is 0.0920. The lowest BCUT2D eigenvalue weighted by Crippen LogP contribution is -2.49. The van der Waals surface area contributed by atoms with Gasteiger partial charge in [-0.2, -0.15) is 0 Å². The lowest BCUT2D eigenvalue weighted by Gasteiger charge is -2.31. The van der Waals surface area contributed by atoms with Gasteiger partial charge in [0.05, 0.1) is 11.8 Å². The molecule has 1 aromatic rings. The van der Waals surface area contributed by atoms with Gasteiger partial charge in [0.15, 0.2) is 0 Å². The molecule has 1 aromatic heterocycles. The molecule has 21 heavy (non-hydrogen) atoms. The smallest absolute Gasteiger partial charge is 0.253 e. The summed E-state index contributed by atoms with van der Waals surface area (Å²) in [7, 11) is -3.19. The molecule has 6 nitrogen and oxygen atoms in total. The highest BCUT2D eigenvalue weighted by molar-refractivity contribution is 7.88. The number of aromatic amines is 1. The molecule has 0 saturated carbocycles. The van der Waals surface area contributed by atoms with Crippen molar-refractivity contribution in [1.82, 2.24) is 14.6 Å². The Hall–Kier alpha value is -1.34. The van der Waals surface area contributed by atoms with Crippen LogP contribution in [0.15, 0.2) is 12.3 Å². The maximum absolute atomic E-state index is 12.4. The van der Waals surface area contributed by atoms with Crippen LogP contribution >= 0.6 is 0 Å². The molecule has 1 unspecified atom stereocenters. The Balaban J connectivity index is 2.04. The van der Waals surface area contributed by atoms with Gasteiger partial charge in [0.1, 0.15) is 0 Å². The summed E-state index contributed by atoms with van der Waals surface area (Å²) >= 11 is 0. The van der Waals surface area contributed by atoms with Crippen LogP contribution in [0.2, 0.25) is 0 Å². The predicted octanol–water partition coefficient (Wildman–Crippen LogP) is 1.29. The van der Waals surface area contributed by atoms with Crippen molar-refractivity contribution < 1.29 is 13.2 Å². The van der Waals surface area contributed by atoms with E-state index in [4.69, 9.17) is 0 Å². The van der Waals surface area contributed by atoms with Gasteiger partial charge >= 0.3 is 0 Å². The number of amides is 1. The second kappa shape index (κ2) is 6.19. The summed E-state index contributed by atoms with van der Waals surface area (Å²) in [5.74, 6) is 0.0972. The SMILES string of the molecule is CC(C)c1[nH]ccc1C(=O)NC1CCCN(S(C)(=O)=O)C1. The van der Waals surface area contributed by atoms with Gasteiger partial charge in [-0.15, -0.1) is 0 Å². The summed E-state index contributed by atoms with van der Waals surface area (Å²) in [6.07, 6.45) is 4.54. The molecule has 0 spiro atoms. The fourth-order valence-corrected chi connectivity index (χ4v) is 3.59. The fourth-order valence-electron chi connectivity index (χ4n) is 2.68. The van der Waals surface area contributed by atoms with Gasteiger partial charge in [0.2, 0.25) is 10.0 Å². The van der Waals surface area contributed by atoms with Crippen LogP contribution in [-0.2, 0) is 10.0 Å². The molecule has 1 atom stereocenters. The number of aromatic nitrogens is 1. The van der Waals surface area contributed by atoms with Crippen LogP contribution in [0, 0.1) is 0 Å². The zero-order chi connectivity index (χ0) is 15.6. The van der Waals surface area contributed by atoms with Crippen LogP contribution in [0.3, 0.4) is 0 Å². The van der Waals surface area contributed by atoms with Gasteiger partial charge < -0.3 is 10.3 Å². The molecule has 1 amide bonds. The number of carbonyl (C=O) groups excluding carboxylic acids is 1. The minimum atomic E-state index is -3.19. The van der Waals surface area contributed by atoms with E-state index in [1.807, 2.05) is 13.8 Å². The molecule has 0 aliphatic carbocycles. The molecule has 1 fully saturated rings. The van der Waals surface area contributed by atoms with Gasteiger partial charge in [-0.3, -0.25) is 4.79 Å². The zero-order valence-corrected chi connectivity index (χ0v) is 13.5. The monoisotopic (exact) mass is 313 g/mol. The Morgan fingerprint density at radius 3 is 2.81 bits per heavy atom. The van der Waals surface area contributed by atoms with Crippen molar-refractivity contribution in [3.8, 4) is 0 Å². The Kier molecular flexibility index (Phi) is 4.73. The number of rotatable bonds is 4. The first kappa shape index (κ1) is 16.0. The Morgan fingerprint density at radius 1 is 1.48 bits per heavy atom. The van der Waals surface area contributed by atoms with E-state index in [0.717, 1.165) is 18.5 Å². The minimum Gasteiger partial charge on any atom is -0.364 e. The van der Waals surface area contributed by atoms with Crippen molar-refractivity contribution in [1.29, 1.82) is 0 Å². The van der Waals surface area contributed by atoms with E-state index < -0.39 is 10.0 Å². The maximum Gasteiger partial charge on any atom is 0.253 e. The topological polar surface area (TPSA) is 82.3 Å². The normalized spacial score (nSPS) is 20.7. The molecule has 118 valence electrons. The number of H-pyrrole nitrogens is 1. The van der Waals surface area contributed by atoms with Crippen molar-refractivity contribution >= 4 is 15.9 Å². The van der Waals surface area contributed by atoms with E-state index >= 15 is 0 Å². The molecule has 0 aromatic carbocycles. The molecule has 1 aliphatic heterocycles. The molecule has 0 bridgehead atoms. The zero-order valence-electron chi connectivity index (χ0n) is 12.7. The summed E-state index contributed by atoms with van der Waals surface area (Å²) < 4.78 is 24.6. The standard InChI is InChI=1S/C14H23N3O3S/c1-10(2)13-12(6-7-15-13)14(18)16-11-5-4-8-17(9-11)21(3,19)20/h6-7,10-11,15H,4-5,8-9H2,1-3H3,(H,16,18). The van der Waals surface area contributed by atoms with Gasteiger partial charge in [-0.05, 0) is 24.8 Å². The molecule has 1 aliphatic rings. The van der Waals surface area contributed by atoms with Crippen molar-refractivity contribution in [3.63, 3.8) is 0 Å². The molecular weight excluding hydrogens is 290 g/mol. The Morgan fingerprint density at radius 2 is 2.19 bits per heavy atom. The molecule has 1 saturated heterocycles. The second-order valence-corrected chi connectivity index (χ2v) is 7.88. The second-order valence-electron chi connectivity index (χ2n) is 5.89. The Bertz CT molecular complexity index is 607. The number of nitrogens with one attached hydrogen (secondary N) is 2. The first-order chi connectivity index (χ1) is 9.79. The van der Waals surface area contributed by atoms with Crippen molar-refractivity contribution in [2.24, 2.45) is 0 Å². The number of piperidine rings is 1. The first-order valence-corrected chi connectivity index (χ1v) is 9.07. The van der Waals surface area contributed by atoms with Crippen molar-refractivity contribution in [3.05, 3.63) is 23.5 Å². The molecule has 2 N–H and O–H groups in total. The highest BCUT2D eigenvalue weighted by atomic mass is 32.2. The lowest BCUT2D eigenvalue weighted by atomic mass is 10.0. The third-order valence-electron chi connectivity index (χ3n) is 3.79. The van der Waals surface area contributed by atoms with Gasteiger partial charge in [0, 0.05) is 31.0 Å². The largest absolute Gasteiger partial charge is 0.364 e. The van der Waals surface area contributed by atoms with Crippen LogP contribution < -0.4 is 5.32 Å². The van der Waals surface area contributed by atoms with E-state index in [2.05, 4.69) is 10.3 Å². The van der Waals surface area contributed by atoms with Crippen LogP contribution in [0.25, 0.3) is 0 Å².